The maximum absolute atomic E-state index is 12.4. The van der Waals surface area contributed by atoms with Crippen LogP contribution in [0, 0.1) is 0 Å². The highest BCUT2D eigenvalue weighted by Gasteiger charge is 2.19. The van der Waals surface area contributed by atoms with Crippen LogP contribution in [0.5, 0.6) is 0 Å². The molecule has 0 bridgehead atoms. The molecule has 8 heteroatoms. The van der Waals surface area contributed by atoms with Crippen LogP contribution in [0.2, 0.25) is 5.02 Å². The third-order valence-corrected chi connectivity index (χ3v) is 7.11. The van der Waals surface area contributed by atoms with E-state index in [0.717, 1.165) is 41.1 Å². The van der Waals surface area contributed by atoms with Crippen molar-refractivity contribution in [3.8, 4) is 0 Å². The van der Waals surface area contributed by atoms with Crippen molar-refractivity contribution in [2.45, 2.75) is 71.4 Å². The van der Waals surface area contributed by atoms with Crippen LogP contribution in [0.15, 0.2) is 24.3 Å². The fourth-order valence-corrected chi connectivity index (χ4v) is 5.07. The third kappa shape index (κ3) is 7.71. The first-order valence-corrected chi connectivity index (χ1v) is 12.9. The Hall–Kier alpha value is -1.70. The molecule has 0 aliphatic carbocycles. The Balaban J connectivity index is 1.42. The number of likely N-dealkylation sites (tertiary alicyclic amines) is 1. The quantitative estimate of drug-likeness (QED) is 0.472. The molecule has 1 aliphatic rings. The molecule has 3 rings (SSSR count). The van der Waals surface area contributed by atoms with Gasteiger partial charge >= 0.3 is 0 Å². The van der Waals surface area contributed by atoms with Gasteiger partial charge in [0.15, 0.2) is 0 Å². The summed E-state index contributed by atoms with van der Waals surface area (Å²) in [5.74, 6) is 0.905. The monoisotopic (exact) mass is 477 g/mol. The topological polar surface area (TPSA) is 61.4 Å². The van der Waals surface area contributed by atoms with Crippen molar-refractivity contribution in [3.63, 3.8) is 0 Å². The molecule has 1 atom stereocenters. The van der Waals surface area contributed by atoms with Crippen molar-refractivity contribution in [1.29, 1.82) is 0 Å². The van der Waals surface area contributed by atoms with E-state index in [4.69, 9.17) is 16.6 Å². The second-order valence-electron chi connectivity index (χ2n) is 8.92. The highest BCUT2D eigenvalue weighted by molar-refractivity contribution is 7.09. The van der Waals surface area contributed by atoms with E-state index < -0.39 is 0 Å². The summed E-state index contributed by atoms with van der Waals surface area (Å²) in [6.45, 7) is 10.2. The van der Waals surface area contributed by atoms with Crippen LogP contribution in [0.1, 0.15) is 64.3 Å². The van der Waals surface area contributed by atoms with Gasteiger partial charge in [-0.05, 0) is 64.3 Å². The van der Waals surface area contributed by atoms with Gasteiger partial charge in [0.25, 0.3) is 0 Å². The van der Waals surface area contributed by atoms with Gasteiger partial charge in [0, 0.05) is 61.1 Å². The number of hydrogen-bond acceptors (Lipinski definition) is 6. The van der Waals surface area contributed by atoms with Crippen LogP contribution >= 0.6 is 23.1 Å². The summed E-state index contributed by atoms with van der Waals surface area (Å²) in [6.07, 6.45) is 6.09. The van der Waals surface area contributed by atoms with Crippen molar-refractivity contribution >= 4 is 34.2 Å². The SMILES string of the molecule is CC1CCCCN1CCCNC(=O)CCN(c1nc(Cc2ccc(Cl)cc2)ns1)C(C)C. The summed E-state index contributed by atoms with van der Waals surface area (Å²) in [6, 6.07) is 8.70. The van der Waals surface area contributed by atoms with Gasteiger partial charge in [-0.15, -0.1) is 0 Å². The van der Waals surface area contributed by atoms with Gasteiger partial charge in [0.1, 0.15) is 5.82 Å². The van der Waals surface area contributed by atoms with Crippen molar-refractivity contribution in [2.75, 3.05) is 31.1 Å². The maximum Gasteiger partial charge on any atom is 0.221 e. The number of anilines is 1. The van der Waals surface area contributed by atoms with Crippen molar-refractivity contribution in [2.24, 2.45) is 0 Å². The Morgan fingerprint density at radius 1 is 1.31 bits per heavy atom. The van der Waals surface area contributed by atoms with Crippen LogP contribution in [0.4, 0.5) is 5.13 Å². The Morgan fingerprint density at radius 2 is 2.09 bits per heavy atom. The van der Waals surface area contributed by atoms with Crippen LogP contribution in [0.25, 0.3) is 0 Å². The summed E-state index contributed by atoms with van der Waals surface area (Å²) < 4.78 is 4.53. The summed E-state index contributed by atoms with van der Waals surface area (Å²) in [5.41, 5.74) is 1.13. The minimum atomic E-state index is 0.105. The Kier molecular flexibility index (Phi) is 9.75. The van der Waals surface area contributed by atoms with Gasteiger partial charge in [-0.3, -0.25) is 4.79 Å². The van der Waals surface area contributed by atoms with Crippen LogP contribution in [0.3, 0.4) is 0 Å². The highest BCUT2D eigenvalue weighted by atomic mass is 35.5. The molecule has 6 nitrogen and oxygen atoms in total. The van der Waals surface area contributed by atoms with Crippen LogP contribution in [-0.4, -0.2) is 58.4 Å². The lowest BCUT2D eigenvalue weighted by Gasteiger charge is -2.33. The second-order valence-corrected chi connectivity index (χ2v) is 10.1. The van der Waals surface area contributed by atoms with Crippen LogP contribution < -0.4 is 10.2 Å². The average molecular weight is 478 g/mol. The molecular weight excluding hydrogens is 442 g/mol. The molecule has 1 unspecified atom stereocenters. The first-order valence-electron chi connectivity index (χ1n) is 11.8. The lowest BCUT2D eigenvalue weighted by molar-refractivity contribution is -0.120. The molecular formula is C24H36ClN5OS. The molecule has 32 heavy (non-hydrogen) atoms. The van der Waals surface area contributed by atoms with Gasteiger partial charge in [0.2, 0.25) is 11.0 Å². The number of nitrogens with one attached hydrogen (secondary N) is 1. The largest absolute Gasteiger partial charge is 0.356 e. The zero-order valence-electron chi connectivity index (χ0n) is 19.5. The third-order valence-electron chi connectivity index (χ3n) is 6.07. The Morgan fingerprint density at radius 3 is 2.81 bits per heavy atom. The van der Waals surface area contributed by atoms with Crippen molar-refractivity contribution < 1.29 is 4.79 Å². The van der Waals surface area contributed by atoms with E-state index in [-0.39, 0.29) is 11.9 Å². The number of benzene rings is 1. The predicted octanol–water partition coefficient (Wildman–Crippen LogP) is 4.77. The first kappa shape index (κ1) is 24.9. The van der Waals surface area contributed by atoms with Gasteiger partial charge in [-0.2, -0.15) is 4.37 Å². The molecule has 1 amide bonds. The molecule has 1 fully saturated rings. The molecule has 1 saturated heterocycles. The number of carbonyl (C=O) groups is 1. The van der Waals surface area contributed by atoms with Crippen molar-refractivity contribution in [1.82, 2.24) is 19.6 Å². The van der Waals surface area contributed by atoms with Gasteiger partial charge in [-0.25, -0.2) is 4.98 Å². The van der Waals surface area contributed by atoms with E-state index in [1.807, 2.05) is 24.3 Å². The maximum atomic E-state index is 12.4. The van der Waals surface area contributed by atoms with Crippen molar-refractivity contribution in [3.05, 3.63) is 40.7 Å². The number of rotatable bonds is 11. The lowest BCUT2D eigenvalue weighted by atomic mass is 10.0. The average Bonchev–Trinajstić information content (AvgIpc) is 3.22. The molecule has 0 radical (unpaired) electrons. The van der Waals surface area contributed by atoms with E-state index in [9.17, 15) is 4.79 Å². The molecule has 1 N–H and O–H groups in total. The van der Waals surface area contributed by atoms with E-state index in [0.29, 0.717) is 25.4 Å². The number of piperidine rings is 1. The molecule has 1 aromatic carbocycles. The van der Waals surface area contributed by atoms with Crippen LogP contribution in [-0.2, 0) is 11.2 Å². The van der Waals surface area contributed by atoms with Gasteiger partial charge in [0.05, 0.1) is 0 Å². The molecule has 2 heterocycles. The highest BCUT2D eigenvalue weighted by Crippen LogP contribution is 2.22. The van der Waals surface area contributed by atoms with E-state index in [2.05, 4.69) is 40.3 Å². The summed E-state index contributed by atoms with van der Waals surface area (Å²) in [5, 5.41) is 4.69. The molecule has 1 aromatic heterocycles. The summed E-state index contributed by atoms with van der Waals surface area (Å²) in [7, 11) is 0. The predicted molar refractivity (Wildman–Crippen MR) is 134 cm³/mol. The fourth-order valence-electron chi connectivity index (χ4n) is 4.10. The minimum Gasteiger partial charge on any atom is -0.356 e. The minimum absolute atomic E-state index is 0.105. The molecule has 176 valence electrons. The second kappa shape index (κ2) is 12.5. The number of amides is 1. The number of nitrogens with zero attached hydrogens (tertiary/aromatic N) is 4. The number of carbonyl (C=O) groups excluding carboxylic acids is 1. The van der Waals surface area contributed by atoms with E-state index in [1.165, 1.54) is 37.3 Å². The molecule has 2 aromatic rings. The Labute approximate surface area is 201 Å². The zero-order chi connectivity index (χ0) is 22.9. The molecule has 0 spiro atoms. The zero-order valence-corrected chi connectivity index (χ0v) is 21.1. The molecule has 1 aliphatic heterocycles. The first-order chi connectivity index (χ1) is 15.4. The summed E-state index contributed by atoms with van der Waals surface area (Å²) in [4.78, 5) is 21.8. The smallest absolute Gasteiger partial charge is 0.221 e. The normalized spacial score (nSPS) is 17.0. The number of aromatic nitrogens is 2. The van der Waals surface area contributed by atoms with Gasteiger partial charge < -0.3 is 15.1 Å². The summed E-state index contributed by atoms with van der Waals surface area (Å²) >= 11 is 7.37. The van der Waals surface area contributed by atoms with E-state index in [1.54, 1.807) is 0 Å². The lowest BCUT2D eigenvalue weighted by Crippen LogP contribution is -2.39. The number of hydrogen-bond donors (Lipinski definition) is 1. The number of halogens is 1. The van der Waals surface area contributed by atoms with Gasteiger partial charge in [-0.1, -0.05) is 30.2 Å². The van der Waals surface area contributed by atoms with E-state index >= 15 is 0 Å². The standard InChI is InChI=1S/C24H36ClN5OS/c1-18(2)30(24-27-22(28-32-24)17-20-8-10-21(25)11-9-20)16-12-23(31)26-13-6-15-29-14-5-4-7-19(29)3/h8-11,18-19H,4-7,12-17H2,1-3H3,(H,26,31). The molecule has 0 saturated carbocycles. The fraction of sp³-hybridized carbons (Fsp3) is 0.625. The Bertz CT molecular complexity index is 841.